The Morgan fingerprint density at radius 3 is 2.17 bits per heavy atom. The number of carbonyl (C=O) groups is 1. The number of nitrogens with zero attached hydrogens (tertiary/aromatic N) is 4. The molecule has 1 amide bonds. The molecule has 2 heterocycles. The largest absolute Gasteiger partial charge is 0.335 e. The highest BCUT2D eigenvalue weighted by Gasteiger charge is 2.33. The summed E-state index contributed by atoms with van der Waals surface area (Å²) in [6, 6.07) is 14.0. The third-order valence-corrected chi connectivity index (χ3v) is 7.79. The standard InChI is InChI=1S/C20H18Cl2N4O3S/c21-16-7-4-8-17(22)19(16)30(28,29)25-11-9-24(10-12-25)20(27)18-13-23-14-26(18)15-5-2-1-3-6-15/h1-8,13-14H,9-12H2. The molecule has 10 heteroatoms. The molecule has 0 unspecified atom stereocenters. The minimum Gasteiger partial charge on any atom is -0.335 e. The number of carbonyl (C=O) groups excluding carboxylic acids is 1. The average Bonchev–Trinajstić information content (AvgIpc) is 3.23. The fraction of sp³-hybridized carbons (Fsp3) is 0.200. The lowest BCUT2D eigenvalue weighted by Crippen LogP contribution is -2.50. The number of hydrogen-bond acceptors (Lipinski definition) is 4. The van der Waals surface area contributed by atoms with Crippen LogP contribution in [-0.2, 0) is 10.0 Å². The van der Waals surface area contributed by atoms with Gasteiger partial charge in [0.1, 0.15) is 10.6 Å². The predicted molar refractivity (Wildman–Crippen MR) is 115 cm³/mol. The second kappa shape index (κ2) is 8.39. The van der Waals surface area contributed by atoms with E-state index < -0.39 is 10.0 Å². The van der Waals surface area contributed by atoms with Gasteiger partial charge in [0.05, 0.1) is 22.6 Å². The van der Waals surface area contributed by atoms with Gasteiger partial charge in [-0.3, -0.25) is 9.36 Å². The third kappa shape index (κ3) is 3.83. The molecule has 1 aliphatic rings. The molecule has 30 heavy (non-hydrogen) atoms. The van der Waals surface area contributed by atoms with Gasteiger partial charge in [-0.2, -0.15) is 4.31 Å². The van der Waals surface area contributed by atoms with E-state index in [1.807, 2.05) is 30.3 Å². The Morgan fingerprint density at radius 2 is 1.53 bits per heavy atom. The van der Waals surface area contributed by atoms with Crippen molar-refractivity contribution < 1.29 is 13.2 Å². The molecule has 0 bridgehead atoms. The molecule has 3 aromatic rings. The second-order valence-corrected chi connectivity index (χ2v) is 9.42. The van der Waals surface area contributed by atoms with E-state index in [-0.39, 0.29) is 47.0 Å². The van der Waals surface area contributed by atoms with Crippen molar-refractivity contribution in [3.05, 3.63) is 76.8 Å². The van der Waals surface area contributed by atoms with Crippen LogP contribution in [0.15, 0.2) is 66.0 Å². The van der Waals surface area contributed by atoms with Crippen LogP contribution in [0.5, 0.6) is 0 Å². The minimum absolute atomic E-state index is 0.0766. The fourth-order valence-corrected chi connectivity index (χ4v) is 5.91. The number of hydrogen-bond donors (Lipinski definition) is 0. The molecule has 0 saturated carbocycles. The van der Waals surface area contributed by atoms with Gasteiger partial charge in [0.15, 0.2) is 0 Å². The summed E-state index contributed by atoms with van der Waals surface area (Å²) in [7, 11) is -3.86. The Kier molecular flexibility index (Phi) is 5.84. The Bertz CT molecular complexity index is 1150. The van der Waals surface area contributed by atoms with E-state index in [1.54, 1.807) is 21.9 Å². The monoisotopic (exact) mass is 464 g/mol. The Balaban J connectivity index is 1.51. The highest BCUT2D eigenvalue weighted by molar-refractivity contribution is 7.89. The number of piperazine rings is 1. The Morgan fingerprint density at radius 1 is 0.900 bits per heavy atom. The molecule has 2 aromatic carbocycles. The van der Waals surface area contributed by atoms with Crippen molar-refractivity contribution in [1.82, 2.24) is 18.8 Å². The first-order valence-corrected chi connectivity index (χ1v) is 11.4. The van der Waals surface area contributed by atoms with Crippen molar-refractivity contribution in [2.24, 2.45) is 0 Å². The first-order valence-electron chi connectivity index (χ1n) is 9.21. The van der Waals surface area contributed by atoms with E-state index in [1.165, 1.54) is 22.6 Å². The Labute approximate surface area is 184 Å². The lowest BCUT2D eigenvalue weighted by Gasteiger charge is -2.34. The van der Waals surface area contributed by atoms with Crippen LogP contribution in [0.1, 0.15) is 10.5 Å². The molecule has 7 nitrogen and oxygen atoms in total. The molecule has 1 aliphatic heterocycles. The van der Waals surface area contributed by atoms with Crippen molar-refractivity contribution >= 4 is 39.1 Å². The van der Waals surface area contributed by atoms with Gasteiger partial charge in [-0.15, -0.1) is 0 Å². The summed E-state index contributed by atoms with van der Waals surface area (Å²) in [4.78, 5) is 18.7. The van der Waals surface area contributed by atoms with Gasteiger partial charge in [0, 0.05) is 31.9 Å². The second-order valence-electron chi connectivity index (χ2n) is 6.73. The van der Waals surface area contributed by atoms with Gasteiger partial charge >= 0.3 is 0 Å². The molecule has 0 atom stereocenters. The number of aromatic nitrogens is 2. The molecule has 1 fully saturated rings. The van der Waals surface area contributed by atoms with Gasteiger partial charge < -0.3 is 4.90 Å². The van der Waals surface area contributed by atoms with E-state index in [9.17, 15) is 13.2 Å². The van der Waals surface area contributed by atoms with Crippen LogP contribution in [0.4, 0.5) is 0 Å². The molecule has 4 rings (SSSR count). The zero-order chi connectivity index (χ0) is 21.3. The summed E-state index contributed by atoms with van der Waals surface area (Å²) in [5.41, 5.74) is 1.25. The number of sulfonamides is 1. The quantitative estimate of drug-likeness (QED) is 0.593. The van der Waals surface area contributed by atoms with Crippen molar-refractivity contribution in [3.8, 4) is 5.69 Å². The maximum Gasteiger partial charge on any atom is 0.272 e. The number of imidazole rings is 1. The smallest absolute Gasteiger partial charge is 0.272 e. The van der Waals surface area contributed by atoms with Gasteiger partial charge in [0.25, 0.3) is 5.91 Å². The Hall–Kier alpha value is -2.39. The molecule has 0 N–H and O–H groups in total. The lowest BCUT2D eigenvalue weighted by atomic mass is 10.3. The number of rotatable bonds is 4. The van der Waals surface area contributed by atoms with E-state index in [2.05, 4.69) is 4.98 Å². The first-order chi connectivity index (χ1) is 14.4. The summed E-state index contributed by atoms with van der Waals surface area (Å²) < 4.78 is 29.0. The van der Waals surface area contributed by atoms with Crippen LogP contribution in [0.25, 0.3) is 5.69 Å². The SMILES string of the molecule is O=C(c1cncn1-c1ccccc1)N1CCN(S(=O)(=O)c2c(Cl)cccc2Cl)CC1. The topological polar surface area (TPSA) is 75.5 Å². The van der Waals surface area contributed by atoms with Gasteiger partial charge in [-0.05, 0) is 24.3 Å². The number of para-hydroxylation sites is 1. The molecule has 156 valence electrons. The maximum absolute atomic E-state index is 13.0. The zero-order valence-corrected chi connectivity index (χ0v) is 18.1. The van der Waals surface area contributed by atoms with Crippen LogP contribution >= 0.6 is 23.2 Å². The molecular formula is C20H18Cl2N4O3S. The summed E-state index contributed by atoms with van der Waals surface area (Å²) in [6.45, 7) is 0.796. The first kappa shape index (κ1) is 20.9. The number of benzene rings is 2. The van der Waals surface area contributed by atoms with E-state index in [4.69, 9.17) is 23.2 Å². The molecular weight excluding hydrogens is 447 g/mol. The summed E-state index contributed by atoms with van der Waals surface area (Å²) >= 11 is 12.2. The van der Waals surface area contributed by atoms with Crippen LogP contribution < -0.4 is 0 Å². The normalized spacial score (nSPS) is 15.3. The van der Waals surface area contributed by atoms with Gasteiger partial charge in [-0.1, -0.05) is 47.5 Å². The highest BCUT2D eigenvalue weighted by Crippen LogP contribution is 2.32. The van der Waals surface area contributed by atoms with Crippen LogP contribution in [0.2, 0.25) is 10.0 Å². The van der Waals surface area contributed by atoms with Crippen molar-refractivity contribution in [1.29, 1.82) is 0 Å². The van der Waals surface area contributed by atoms with Gasteiger partial charge in [0.2, 0.25) is 10.0 Å². The third-order valence-electron chi connectivity index (χ3n) is 4.93. The summed E-state index contributed by atoms with van der Waals surface area (Å²) in [5.74, 6) is -0.204. The molecule has 1 saturated heterocycles. The molecule has 1 aromatic heterocycles. The summed E-state index contributed by atoms with van der Waals surface area (Å²) in [6.07, 6.45) is 3.10. The van der Waals surface area contributed by atoms with Crippen LogP contribution in [0, 0.1) is 0 Å². The zero-order valence-electron chi connectivity index (χ0n) is 15.8. The van der Waals surface area contributed by atoms with Gasteiger partial charge in [-0.25, -0.2) is 13.4 Å². The maximum atomic E-state index is 13.0. The molecule has 0 radical (unpaired) electrons. The lowest BCUT2D eigenvalue weighted by molar-refractivity contribution is 0.0690. The van der Waals surface area contributed by atoms with E-state index in [0.29, 0.717) is 5.69 Å². The predicted octanol–water partition coefficient (Wildman–Crippen LogP) is 3.33. The van der Waals surface area contributed by atoms with Crippen LogP contribution in [0.3, 0.4) is 0 Å². The van der Waals surface area contributed by atoms with Crippen LogP contribution in [-0.4, -0.2) is 59.3 Å². The van der Waals surface area contributed by atoms with E-state index >= 15 is 0 Å². The number of amides is 1. The highest BCUT2D eigenvalue weighted by atomic mass is 35.5. The van der Waals surface area contributed by atoms with E-state index in [0.717, 1.165) is 5.69 Å². The van der Waals surface area contributed by atoms with Crippen molar-refractivity contribution in [2.75, 3.05) is 26.2 Å². The minimum atomic E-state index is -3.86. The molecule has 0 aliphatic carbocycles. The summed E-state index contributed by atoms with van der Waals surface area (Å²) in [5, 5.41) is 0.153. The van der Waals surface area contributed by atoms with Crippen molar-refractivity contribution in [2.45, 2.75) is 4.90 Å². The fourth-order valence-electron chi connectivity index (χ4n) is 3.40. The molecule has 0 spiro atoms. The number of halogens is 2. The average molecular weight is 465 g/mol. The van der Waals surface area contributed by atoms with Crippen molar-refractivity contribution in [3.63, 3.8) is 0 Å².